The number of methoxy groups -OCH3 is 1. The molecule has 0 aromatic heterocycles. The zero-order valence-corrected chi connectivity index (χ0v) is 12.2. The summed E-state index contributed by atoms with van der Waals surface area (Å²) < 4.78 is 4.86. The van der Waals surface area contributed by atoms with Gasteiger partial charge in [-0.25, -0.2) is 4.79 Å². The van der Waals surface area contributed by atoms with Gasteiger partial charge < -0.3 is 4.74 Å². The molecular formula is C13H17ClN4O2. The van der Waals surface area contributed by atoms with Crippen molar-refractivity contribution in [2.75, 3.05) is 20.2 Å². The SMILES string of the molecule is COC(=O)C(C)(NCCCN=[N+]=[N-])c1ccccc1Cl. The van der Waals surface area contributed by atoms with Gasteiger partial charge in [-0.05, 0) is 31.5 Å². The molecule has 0 spiro atoms. The van der Waals surface area contributed by atoms with Gasteiger partial charge >= 0.3 is 5.97 Å². The molecule has 0 heterocycles. The molecule has 0 saturated carbocycles. The number of hydrogen-bond acceptors (Lipinski definition) is 4. The molecule has 0 fully saturated rings. The van der Waals surface area contributed by atoms with Crippen molar-refractivity contribution in [3.63, 3.8) is 0 Å². The van der Waals surface area contributed by atoms with Gasteiger partial charge in [0.1, 0.15) is 5.54 Å². The maximum absolute atomic E-state index is 12.1. The Morgan fingerprint density at radius 3 is 2.85 bits per heavy atom. The second-order valence-corrected chi connectivity index (χ2v) is 4.74. The van der Waals surface area contributed by atoms with Gasteiger partial charge in [-0.3, -0.25) is 5.32 Å². The number of carbonyl (C=O) groups excluding carboxylic acids is 1. The first-order chi connectivity index (χ1) is 9.56. The lowest BCUT2D eigenvalue weighted by molar-refractivity contribution is -0.148. The highest BCUT2D eigenvalue weighted by atomic mass is 35.5. The quantitative estimate of drug-likeness (QED) is 0.276. The molecule has 1 aromatic carbocycles. The highest BCUT2D eigenvalue weighted by molar-refractivity contribution is 6.31. The largest absolute Gasteiger partial charge is 0.467 e. The first-order valence-electron chi connectivity index (χ1n) is 6.15. The first-order valence-corrected chi connectivity index (χ1v) is 6.53. The van der Waals surface area contributed by atoms with Crippen LogP contribution in [0, 0.1) is 0 Å². The third-order valence-corrected chi connectivity index (χ3v) is 3.31. The number of nitrogens with zero attached hydrogens (tertiary/aromatic N) is 3. The van der Waals surface area contributed by atoms with Gasteiger partial charge in [0.15, 0.2) is 0 Å². The molecule has 1 rings (SSSR count). The van der Waals surface area contributed by atoms with E-state index in [0.29, 0.717) is 30.1 Å². The Kier molecular flexibility index (Phi) is 6.31. The molecule has 6 nitrogen and oxygen atoms in total. The summed E-state index contributed by atoms with van der Waals surface area (Å²) in [7, 11) is 1.33. The fourth-order valence-electron chi connectivity index (χ4n) is 1.88. The minimum atomic E-state index is -1.04. The van der Waals surface area contributed by atoms with Crippen molar-refractivity contribution >= 4 is 17.6 Å². The van der Waals surface area contributed by atoms with E-state index in [1.807, 2.05) is 6.07 Å². The zero-order valence-electron chi connectivity index (χ0n) is 11.5. The molecule has 0 aliphatic heterocycles. The smallest absolute Gasteiger partial charge is 0.330 e. The van der Waals surface area contributed by atoms with E-state index in [9.17, 15) is 4.79 Å². The van der Waals surface area contributed by atoms with Crippen molar-refractivity contribution in [1.82, 2.24) is 5.32 Å². The Balaban J connectivity index is 2.90. The van der Waals surface area contributed by atoms with Gasteiger partial charge in [0, 0.05) is 22.0 Å². The maximum atomic E-state index is 12.1. The number of esters is 1. The minimum absolute atomic E-state index is 0.364. The van der Waals surface area contributed by atoms with Gasteiger partial charge in [-0.1, -0.05) is 34.9 Å². The number of hydrogen-bond donors (Lipinski definition) is 1. The number of benzene rings is 1. The number of azide groups is 1. The Bertz CT molecular complexity index is 517. The van der Waals surface area contributed by atoms with E-state index in [1.165, 1.54) is 7.11 Å². The summed E-state index contributed by atoms with van der Waals surface area (Å²) in [5.74, 6) is -0.422. The molecule has 7 heteroatoms. The molecule has 0 bridgehead atoms. The minimum Gasteiger partial charge on any atom is -0.467 e. The lowest BCUT2D eigenvalue weighted by atomic mass is 9.91. The average molecular weight is 297 g/mol. The summed E-state index contributed by atoms with van der Waals surface area (Å²) >= 11 is 6.16. The van der Waals surface area contributed by atoms with Gasteiger partial charge in [0.05, 0.1) is 7.11 Å². The van der Waals surface area contributed by atoms with Crippen LogP contribution in [0.1, 0.15) is 18.9 Å². The van der Waals surface area contributed by atoms with Crippen molar-refractivity contribution in [2.45, 2.75) is 18.9 Å². The first kappa shape index (κ1) is 16.3. The van der Waals surface area contributed by atoms with Crippen molar-refractivity contribution in [1.29, 1.82) is 0 Å². The van der Waals surface area contributed by atoms with E-state index in [-0.39, 0.29) is 0 Å². The molecule has 108 valence electrons. The summed E-state index contributed by atoms with van der Waals surface area (Å²) in [5.41, 5.74) is 7.82. The highest BCUT2D eigenvalue weighted by Gasteiger charge is 2.37. The average Bonchev–Trinajstić information content (AvgIpc) is 2.46. The molecule has 1 unspecified atom stereocenters. The van der Waals surface area contributed by atoms with E-state index in [4.69, 9.17) is 21.9 Å². The summed E-state index contributed by atoms with van der Waals surface area (Å²) in [6.45, 7) is 2.58. The van der Waals surface area contributed by atoms with E-state index < -0.39 is 11.5 Å². The Morgan fingerprint density at radius 2 is 2.25 bits per heavy atom. The van der Waals surface area contributed by atoms with Crippen LogP contribution >= 0.6 is 11.6 Å². The normalized spacial score (nSPS) is 13.2. The number of halogens is 1. The van der Waals surface area contributed by atoms with Crippen LogP contribution in [-0.2, 0) is 15.1 Å². The zero-order chi connectivity index (χ0) is 15.0. The van der Waals surface area contributed by atoms with Crippen molar-refractivity contribution in [2.24, 2.45) is 5.11 Å². The second kappa shape index (κ2) is 7.75. The number of nitrogens with one attached hydrogen (secondary N) is 1. The van der Waals surface area contributed by atoms with Crippen LogP contribution in [0.15, 0.2) is 29.4 Å². The van der Waals surface area contributed by atoms with E-state index >= 15 is 0 Å². The van der Waals surface area contributed by atoms with E-state index in [0.717, 1.165) is 0 Å². The lowest BCUT2D eigenvalue weighted by Crippen LogP contribution is -2.48. The molecule has 0 saturated heterocycles. The maximum Gasteiger partial charge on any atom is 0.330 e. The van der Waals surface area contributed by atoms with Crippen LogP contribution in [0.5, 0.6) is 0 Å². The highest BCUT2D eigenvalue weighted by Crippen LogP contribution is 2.29. The summed E-state index contributed by atoms with van der Waals surface area (Å²) in [4.78, 5) is 14.8. The number of ether oxygens (including phenoxy) is 1. The van der Waals surface area contributed by atoms with Crippen molar-refractivity contribution < 1.29 is 9.53 Å². The third-order valence-electron chi connectivity index (χ3n) is 2.98. The summed E-state index contributed by atoms with van der Waals surface area (Å²) in [5, 5.41) is 7.05. The monoisotopic (exact) mass is 296 g/mol. The van der Waals surface area contributed by atoms with Crippen molar-refractivity contribution in [3.05, 3.63) is 45.3 Å². The van der Waals surface area contributed by atoms with Gasteiger partial charge in [0.25, 0.3) is 0 Å². The van der Waals surface area contributed by atoms with E-state index in [1.54, 1.807) is 25.1 Å². The van der Waals surface area contributed by atoms with Gasteiger partial charge in [-0.2, -0.15) is 0 Å². The van der Waals surface area contributed by atoms with Crippen LogP contribution in [0.3, 0.4) is 0 Å². The number of rotatable bonds is 7. The lowest BCUT2D eigenvalue weighted by Gasteiger charge is -2.29. The van der Waals surface area contributed by atoms with E-state index in [2.05, 4.69) is 15.3 Å². The van der Waals surface area contributed by atoms with Crippen LogP contribution in [0.4, 0.5) is 0 Å². The molecule has 1 N–H and O–H groups in total. The predicted octanol–water partition coefficient (Wildman–Crippen LogP) is 3.02. The molecule has 0 aliphatic carbocycles. The molecule has 1 aromatic rings. The Morgan fingerprint density at radius 1 is 1.55 bits per heavy atom. The Labute approximate surface area is 122 Å². The topological polar surface area (TPSA) is 87.1 Å². The predicted molar refractivity (Wildman–Crippen MR) is 77.5 cm³/mol. The molecular weight excluding hydrogens is 280 g/mol. The molecule has 0 radical (unpaired) electrons. The van der Waals surface area contributed by atoms with Crippen LogP contribution in [0.25, 0.3) is 10.4 Å². The van der Waals surface area contributed by atoms with Crippen LogP contribution in [0.2, 0.25) is 5.02 Å². The Hall–Kier alpha value is -1.75. The molecule has 0 aliphatic rings. The van der Waals surface area contributed by atoms with Crippen molar-refractivity contribution in [3.8, 4) is 0 Å². The van der Waals surface area contributed by atoms with Gasteiger partial charge in [-0.15, -0.1) is 0 Å². The molecule has 0 amide bonds. The standard InChI is InChI=1S/C13H17ClN4O2/c1-13(12(19)20-2,16-8-5-9-17-18-15)10-6-3-4-7-11(10)14/h3-4,6-7,16H,5,8-9H2,1-2H3. The molecule has 1 atom stereocenters. The van der Waals surface area contributed by atoms with Crippen LogP contribution in [-0.4, -0.2) is 26.2 Å². The fourth-order valence-corrected chi connectivity index (χ4v) is 2.21. The third kappa shape index (κ3) is 3.87. The number of carbonyl (C=O) groups is 1. The second-order valence-electron chi connectivity index (χ2n) is 4.33. The molecule has 20 heavy (non-hydrogen) atoms. The summed E-state index contributed by atoms with van der Waals surface area (Å²) in [6.07, 6.45) is 0.612. The summed E-state index contributed by atoms with van der Waals surface area (Å²) in [6, 6.07) is 7.11. The van der Waals surface area contributed by atoms with Gasteiger partial charge in [0.2, 0.25) is 0 Å². The van der Waals surface area contributed by atoms with Crippen LogP contribution < -0.4 is 5.32 Å². The fraction of sp³-hybridized carbons (Fsp3) is 0.462.